The fraction of sp³-hybridized carbons (Fsp3) is 0.929. The molecule has 6 heteroatoms. The molecule has 1 aliphatic rings. The maximum Gasteiger partial charge on any atom is 0.407 e. The highest BCUT2D eigenvalue weighted by Gasteiger charge is 2.38. The number of hydrogen-bond donors (Lipinski definition) is 3. The van der Waals surface area contributed by atoms with Gasteiger partial charge in [-0.25, -0.2) is 4.79 Å². The van der Waals surface area contributed by atoms with Crippen LogP contribution >= 0.6 is 0 Å². The molecule has 3 N–H and O–H groups in total. The molecular formula is C14H28N2O4. The molecule has 0 aromatic carbocycles. The molecule has 0 aliphatic carbocycles. The van der Waals surface area contributed by atoms with E-state index >= 15 is 0 Å². The van der Waals surface area contributed by atoms with E-state index in [-0.39, 0.29) is 6.10 Å². The minimum absolute atomic E-state index is 0.130. The van der Waals surface area contributed by atoms with Crippen molar-refractivity contribution >= 4 is 6.09 Å². The summed E-state index contributed by atoms with van der Waals surface area (Å²) in [6.07, 6.45) is 0.922. The predicted molar refractivity (Wildman–Crippen MR) is 76.7 cm³/mol. The molecule has 1 heterocycles. The van der Waals surface area contributed by atoms with E-state index in [1.165, 1.54) is 0 Å². The van der Waals surface area contributed by atoms with Crippen molar-refractivity contribution in [2.45, 2.75) is 57.8 Å². The molecule has 6 nitrogen and oxygen atoms in total. The number of hydrogen-bond acceptors (Lipinski definition) is 5. The summed E-state index contributed by atoms with van der Waals surface area (Å²) in [5.74, 6) is 0. The molecule has 2 atom stereocenters. The van der Waals surface area contributed by atoms with E-state index in [0.717, 1.165) is 13.0 Å². The lowest BCUT2D eigenvalue weighted by atomic mass is 9.97. The number of ether oxygens (including phenoxy) is 2. The molecule has 0 aromatic rings. The van der Waals surface area contributed by atoms with Crippen LogP contribution < -0.4 is 10.6 Å². The van der Waals surface area contributed by atoms with Crippen LogP contribution in [0.1, 0.15) is 40.5 Å². The maximum absolute atomic E-state index is 11.4. The molecule has 1 aliphatic heterocycles. The summed E-state index contributed by atoms with van der Waals surface area (Å²) in [6, 6.07) is 0. The standard InChI is InChI=1S/C14H28N2O4/c1-11-14(18,6-9-19-11)10-15-7-5-8-16-12(17)20-13(2,3)4/h11,15,18H,5-10H2,1-4H3,(H,16,17). The maximum atomic E-state index is 11.4. The zero-order valence-electron chi connectivity index (χ0n) is 13.0. The van der Waals surface area contributed by atoms with Crippen molar-refractivity contribution < 1.29 is 19.4 Å². The number of carbonyl (C=O) groups excluding carboxylic acids is 1. The molecule has 118 valence electrons. The largest absolute Gasteiger partial charge is 0.444 e. The van der Waals surface area contributed by atoms with E-state index in [1.54, 1.807) is 0 Å². The van der Waals surface area contributed by atoms with Gasteiger partial charge in [0, 0.05) is 26.1 Å². The van der Waals surface area contributed by atoms with Gasteiger partial charge in [-0.3, -0.25) is 0 Å². The highest BCUT2D eigenvalue weighted by Crippen LogP contribution is 2.24. The van der Waals surface area contributed by atoms with Crippen LogP contribution in [0, 0.1) is 0 Å². The lowest BCUT2D eigenvalue weighted by Crippen LogP contribution is -2.46. The van der Waals surface area contributed by atoms with Gasteiger partial charge in [0.2, 0.25) is 0 Å². The molecule has 1 amide bonds. The Hall–Kier alpha value is -0.850. The molecule has 20 heavy (non-hydrogen) atoms. The van der Waals surface area contributed by atoms with Gasteiger partial charge in [0.15, 0.2) is 0 Å². The van der Waals surface area contributed by atoms with E-state index < -0.39 is 17.3 Å². The summed E-state index contributed by atoms with van der Waals surface area (Å²) in [4.78, 5) is 11.4. The van der Waals surface area contributed by atoms with Crippen molar-refractivity contribution in [1.29, 1.82) is 0 Å². The SMILES string of the molecule is CC1OCCC1(O)CNCCCNC(=O)OC(C)(C)C. The van der Waals surface area contributed by atoms with Gasteiger partial charge >= 0.3 is 6.09 Å². The first-order valence-electron chi connectivity index (χ1n) is 7.24. The van der Waals surface area contributed by atoms with Crippen molar-refractivity contribution in [2.75, 3.05) is 26.2 Å². The van der Waals surface area contributed by atoms with Gasteiger partial charge in [-0.1, -0.05) is 0 Å². The van der Waals surface area contributed by atoms with Gasteiger partial charge < -0.3 is 25.2 Å². The zero-order chi connectivity index (χ0) is 15.2. The van der Waals surface area contributed by atoms with Crippen molar-refractivity contribution in [2.24, 2.45) is 0 Å². The Morgan fingerprint density at radius 1 is 1.45 bits per heavy atom. The molecule has 0 aromatic heterocycles. The van der Waals surface area contributed by atoms with Crippen molar-refractivity contribution in [3.8, 4) is 0 Å². The van der Waals surface area contributed by atoms with Crippen molar-refractivity contribution in [3.63, 3.8) is 0 Å². The van der Waals surface area contributed by atoms with E-state index in [4.69, 9.17) is 9.47 Å². The topological polar surface area (TPSA) is 79.8 Å². The minimum atomic E-state index is -0.765. The lowest BCUT2D eigenvalue weighted by Gasteiger charge is -2.26. The smallest absolute Gasteiger partial charge is 0.407 e. The van der Waals surface area contributed by atoms with Crippen LogP contribution in [0.2, 0.25) is 0 Å². The average molecular weight is 288 g/mol. The fourth-order valence-corrected chi connectivity index (χ4v) is 2.03. The van der Waals surface area contributed by atoms with Gasteiger partial charge in [-0.05, 0) is 40.7 Å². The van der Waals surface area contributed by atoms with Crippen LogP contribution in [0.25, 0.3) is 0 Å². The lowest BCUT2D eigenvalue weighted by molar-refractivity contribution is -0.0260. The molecular weight excluding hydrogens is 260 g/mol. The zero-order valence-corrected chi connectivity index (χ0v) is 13.0. The summed E-state index contributed by atoms with van der Waals surface area (Å²) in [5.41, 5.74) is -1.23. The summed E-state index contributed by atoms with van der Waals surface area (Å²) in [5, 5.41) is 16.2. The van der Waals surface area contributed by atoms with Crippen LogP contribution in [-0.4, -0.2) is 54.7 Å². The first kappa shape index (κ1) is 17.2. The highest BCUT2D eigenvalue weighted by molar-refractivity contribution is 5.67. The Morgan fingerprint density at radius 3 is 2.70 bits per heavy atom. The molecule has 0 saturated carbocycles. The highest BCUT2D eigenvalue weighted by atomic mass is 16.6. The van der Waals surface area contributed by atoms with Gasteiger partial charge in [0.1, 0.15) is 11.2 Å². The Labute approximate surface area is 121 Å². The second-order valence-electron chi connectivity index (χ2n) is 6.33. The van der Waals surface area contributed by atoms with Crippen LogP contribution in [0.15, 0.2) is 0 Å². The number of alkyl carbamates (subject to hydrolysis) is 1. The molecule has 0 bridgehead atoms. The quantitative estimate of drug-likeness (QED) is 0.636. The Balaban J connectivity index is 2.04. The minimum Gasteiger partial charge on any atom is -0.444 e. The van der Waals surface area contributed by atoms with Crippen LogP contribution in [0.5, 0.6) is 0 Å². The second-order valence-corrected chi connectivity index (χ2v) is 6.33. The predicted octanol–water partition coefficient (Wildman–Crippen LogP) is 1.03. The van der Waals surface area contributed by atoms with Gasteiger partial charge in [-0.15, -0.1) is 0 Å². The molecule has 0 spiro atoms. The summed E-state index contributed by atoms with van der Waals surface area (Å²) < 4.78 is 10.5. The monoisotopic (exact) mass is 288 g/mol. The van der Waals surface area contributed by atoms with Crippen molar-refractivity contribution in [3.05, 3.63) is 0 Å². The number of amides is 1. The molecule has 0 radical (unpaired) electrons. The van der Waals surface area contributed by atoms with E-state index in [1.807, 2.05) is 27.7 Å². The number of carbonyl (C=O) groups is 1. The van der Waals surface area contributed by atoms with Crippen LogP contribution in [0.3, 0.4) is 0 Å². The summed E-state index contributed by atoms with van der Waals surface area (Å²) >= 11 is 0. The normalized spacial score (nSPS) is 26.6. The first-order chi connectivity index (χ1) is 9.23. The molecule has 1 saturated heterocycles. The Morgan fingerprint density at radius 2 is 2.15 bits per heavy atom. The van der Waals surface area contributed by atoms with Crippen LogP contribution in [0.4, 0.5) is 4.79 Å². The van der Waals surface area contributed by atoms with E-state index in [9.17, 15) is 9.90 Å². The summed E-state index contributed by atoms with van der Waals surface area (Å²) in [7, 11) is 0. The molecule has 1 fully saturated rings. The third-order valence-corrected chi connectivity index (χ3v) is 3.29. The number of rotatable bonds is 6. The van der Waals surface area contributed by atoms with Gasteiger partial charge in [0.05, 0.1) is 6.10 Å². The summed E-state index contributed by atoms with van der Waals surface area (Å²) in [6.45, 7) is 9.79. The van der Waals surface area contributed by atoms with E-state index in [0.29, 0.717) is 26.1 Å². The first-order valence-corrected chi connectivity index (χ1v) is 7.24. The van der Waals surface area contributed by atoms with E-state index in [2.05, 4.69) is 10.6 Å². The Bertz CT molecular complexity index is 317. The molecule has 2 unspecified atom stereocenters. The third kappa shape index (κ3) is 6.07. The number of aliphatic hydroxyl groups is 1. The fourth-order valence-electron chi connectivity index (χ4n) is 2.03. The van der Waals surface area contributed by atoms with Crippen molar-refractivity contribution in [1.82, 2.24) is 10.6 Å². The van der Waals surface area contributed by atoms with Crippen LogP contribution in [-0.2, 0) is 9.47 Å². The average Bonchev–Trinajstić information content (AvgIpc) is 2.62. The number of nitrogens with one attached hydrogen (secondary N) is 2. The molecule has 1 rings (SSSR count). The third-order valence-electron chi connectivity index (χ3n) is 3.29. The second kappa shape index (κ2) is 7.24. The Kier molecular flexibility index (Phi) is 6.23. The van der Waals surface area contributed by atoms with Gasteiger partial charge in [0.25, 0.3) is 0 Å². The van der Waals surface area contributed by atoms with Gasteiger partial charge in [-0.2, -0.15) is 0 Å².